The molecule has 0 aliphatic rings. The van der Waals surface area contributed by atoms with Crippen molar-refractivity contribution in [3.63, 3.8) is 0 Å². The number of rotatable bonds is 53. The SMILES string of the molecule is CCCCCC/C=C\CCCCCCCC(=O)O[C@H](COCCCCCCCCCCCCCCCCCC)COC(=O)CCCCCCCCCCCCCCCCCCC. The minimum atomic E-state index is -0.531. The number of hydrogen-bond acceptors (Lipinski definition) is 5. The molecule has 0 aromatic heterocycles. The fraction of sp³-hybridized carbons (Fsp3) is 0.930. The Bertz CT molecular complexity index is 902. The van der Waals surface area contributed by atoms with Crippen molar-refractivity contribution in [2.45, 2.75) is 322 Å². The molecule has 0 saturated carbocycles. The molecular formula is C57H110O5. The summed E-state index contributed by atoms with van der Waals surface area (Å²) >= 11 is 0. The van der Waals surface area contributed by atoms with Crippen molar-refractivity contribution in [3.8, 4) is 0 Å². The fourth-order valence-corrected chi connectivity index (χ4v) is 8.57. The van der Waals surface area contributed by atoms with Gasteiger partial charge in [-0.2, -0.15) is 0 Å². The predicted molar refractivity (Wildman–Crippen MR) is 270 cm³/mol. The quantitative estimate of drug-likeness (QED) is 0.0346. The molecule has 0 N–H and O–H groups in total. The largest absolute Gasteiger partial charge is 0.462 e. The molecule has 0 saturated heterocycles. The molecule has 0 aliphatic heterocycles. The van der Waals surface area contributed by atoms with Gasteiger partial charge in [0.1, 0.15) is 6.61 Å². The molecule has 368 valence electrons. The zero-order chi connectivity index (χ0) is 44.9. The van der Waals surface area contributed by atoms with E-state index in [4.69, 9.17) is 14.2 Å². The molecule has 0 rings (SSSR count). The van der Waals surface area contributed by atoms with E-state index in [1.54, 1.807) is 0 Å². The van der Waals surface area contributed by atoms with Gasteiger partial charge in [0.25, 0.3) is 0 Å². The van der Waals surface area contributed by atoms with Gasteiger partial charge in [0, 0.05) is 19.4 Å². The number of allylic oxidation sites excluding steroid dienone is 2. The second-order valence-electron chi connectivity index (χ2n) is 19.2. The van der Waals surface area contributed by atoms with E-state index in [9.17, 15) is 9.59 Å². The van der Waals surface area contributed by atoms with E-state index < -0.39 is 6.10 Å². The molecule has 62 heavy (non-hydrogen) atoms. The van der Waals surface area contributed by atoms with Gasteiger partial charge in [0.05, 0.1) is 6.61 Å². The molecule has 1 atom stereocenters. The number of unbranched alkanes of at least 4 members (excludes halogenated alkanes) is 40. The molecular weight excluding hydrogens is 765 g/mol. The van der Waals surface area contributed by atoms with Gasteiger partial charge in [-0.1, -0.05) is 270 Å². The Morgan fingerprint density at radius 3 is 1.00 bits per heavy atom. The first kappa shape index (κ1) is 60.6. The third-order valence-corrected chi connectivity index (χ3v) is 12.8. The topological polar surface area (TPSA) is 61.8 Å². The molecule has 0 spiro atoms. The third-order valence-electron chi connectivity index (χ3n) is 12.8. The zero-order valence-corrected chi connectivity index (χ0v) is 42.4. The van der Waals surface area contributed by atoms with Gasteiger partial charge in [0.2, 0.25) is 0 Å². The van der Waals surface area contributed by atoms with Crippen LogP contribution in [0.4, 0.5) is 0 Å². The molecule has 0 unspecified atom stereocenters. The van der Waals surface area contributed by atoms with Crippen LogP contribution in [-0.4, -0.2) is 37.9 Å². The maximum absolute atomic E-state index is 12.8. The Kier molecular flexibility index (Phi) is 52.8. The monoisotopic (exact) mass is 875 g/mol. The molecule has 0 heterocycles. The number of hydrogen-bond donors (Lipinski definition) is 0. The molecule has 0 bridgehead atoms. The van der Waals surface area contributed by atoms with Crippen molar-refractivity contribution in [3.05, 3.63) is 12.2 Å². The lowest BCUT2D eigenvalue weighted by molar-refractivity contribution is -0.163. The minimum Gasteiger partial charge on any atom is -0.462 e. The zero-order valence-electron chi connectivity index (χ0n) is 42.4. The standard InChI is InChI=1S/C57H110O5/c1-4-7-10-13-16-19-22-25-27-29-30-33-35-38-41-44-47-50-56(58)61-54-55(62-57(59)51-48-45-42-39-36-32-24-21-18-15-12-9-6-3)53-60-52-49-46-43-40-37-34-31-28-26-23-20-17-14-11-8-5-2/h21,24,55H,4-20,22-23,25-54H2,1-3H3/b24-21-/t55-/m1/s1. The summed E-state index contributed by atoms with van der Waals surface area (Å²) in [5, 5.41) is 0. The summed E-state index contributed by atoms with van der Waals surface area (Å²) in [6.07, 6.45) is 62.3. The van der Waals surface area contributed by atoms with E-state index in [2.05, 4.69) is 32.9 Å². The van der Waals surface area contributed by atoms with Crippen LogP contribution >= 0.6 is 0 Å². The Balaban J connectivity index is 4.19. The van der Waals surface area contributed by atoms with Crippen LogP contribution in [0.25, 0.3) is 0 Å². The van der Waals surface area contributed by atoms with Crippen LogP contribution in [0.1, 0.15) is 316 Å². The lowest BCUT2D eigenvalue weighted by Gasteiger charge is -2.18. The minimum absolute atomic E-state index is 0.0919. The summed E-state index contributed by atoms with van der Waals surface area (Å²) in [4.78, 5) is 25.4. The van der Waals surface area contributed by atoms with Crippen LogP contribution in [0.3, 0.4) is 0 Å². The average Bonchev–Trinajstić information content (AvgIpc) is 3.27. The fourth-order valence-electron chi connectivity index (χ4n) is 8.57. The third kappa shape index (κ3) is 51.3. The summed E-state index contributed by atoms with van der Waals surface area (Å²) in [7, 11) is 0. The number of carbonyl (C=O) groups is 2. The van der Waals surface area contributed by atoms with Crippen molar-refractivity contribution in [1.82, 2.24) is 0 Å². The van der Waals surface area contributed by atoms with Crippen LogP contribution in [-0.2, 0) is 23.8 Å². The van der Waals surface area contributed by atoms with E-state index in [1.807, 2.05) is 0 Å². The second-order valence-corrected chi connectivity index (χ2v) is 19.2. The van der Waals surface area contributed by atoms with E-state index in [-0.39, 0.29) is 18.5 Å². The van der Waals surface area contributed by atoms with E-state index in [0.717, 1.165) is 44.9 Å². The Hall–Kier alpha value is -1.36. The Labute approximate surface area is 388 Å². The summed E-state index contributed by atoms with van der Waals surface area (Å²) < 4.78 is 17.5. The Morgan fingerprint density at radius 1 is 0.339 bits per heavy atom. The summed E-state index contributed by atoms with van der Waals surface area (Å²) in [5.74, 6) is -0.382. The maximum atomic E-state index is 12.8. The van der Waals surface area contributed by atoms with Crippen LogP contribution in [0, 0.1) is 0 Å². The lowest BCUT2D eigenvalue weighted by Crippen LogP contribution is -2.30. The van der Waals surface area contributed by atoms with Crippen molar-refractivity contribution >= 4 is 11.9 Å². The smallest absolute Gasteiger partial charge is 0.306 e. The van der Waals surface area contributed by atoms with Crippen molar-refractivity contribution in [2.75, 3.05) is 19.8 Å². The second kappa shape index (κ2) is 54.0. The van der Waals surface area contributed by atoms with Gasteiger partial charge in [-0.3, -0.25) is 9.59 Å². The van der Waals surface area contributed by atoms with Crippen LogP contribution in [0.15, 0.2) is 12.2 Å². The van der Waals surface area contributed by atoms with E-state index in [1.165, 1.54) is 238 Å². The molecule has 0 aromatic rings. The lowest BCUT2D eigenvalue weighted by atomic mass is 10.0. The summed E-state index contributed by atoms with van der Waals surface area (Å²) in [6.45, 7) is 7.88. The van der Waals surface area contributed by atoms with Crippen LogP contribution < -0.4 is 0 Å². The summed E-state index contributed by atoms with van der Waals surface area (Å²) in [6, 6.07) is 0. The van der Waals surface area contributed by atoms with E-state index in [0.29, 0.717) is 26.1 Å². The number of esters is 2. The molecule has 5 nitrogen and oxygen atoms in total. The first-order valence-corrected chi connectivity index (χ1v) is 28.2. The maximum Gasteiger partial charge on any atom is 0.306 e. The van der Waals surface area contributed by atoms with Gasteiger partial charge in [-0.25, -0.2) is 0 Å². The van der Waals surface area contributed by atoms with Crippen LogP contribution in [0.2, 0.25) is 0 Å². The van der Waals surface area contributed by atoms with Crippen LogP contribution in [0.5, 0.6) is 0 Å². The molecule has 0 radical (unpaired) electrons. The average molecular weight is 876 g/mol. The molecule has 0 fully saturated rings. The van der Waals surface area contributed by atoms with Crippen molar-refractivity contribution in [1.29, 1.82) is 0 Å². The number of ether oxygens (including phenoxy) is 3. The van der Waals surface area contributed by atoms with E-state index >= 15 is 0 Å². The van der Waals surface area contributed by atoms with Gasteiger partial charge in [-0.15, -0.1) is 0 Å². The first-order valence-electron chi connectivity index (χ1n) is 28.2. The molecule has 0 aromatic carbocycles. The number of carbonyl (C=O) groups excluding carboxylic acids is 2. The molecule has 5 heteroatoms. The van der Waals surface area contributed by atoms with Crippen molar-refractivity contribution in [2.24, 2.45) is 0 Å². The van der Waals surface area contributed by atoms with Crippen molar-refractivity contribution < 1.29 is 23.8 Å². The summed E-state index contributed by atoms with van der Waals surface area (Å²) in [5.41, 5.74) is 0. The highest BCUT2D eigenvalue weighted by Gasteiger charge is 2.17. The highest BCUT2D eigenvalue weighted by atomic mass is 16.6. The normalized spacial score (nSPS) is 12.1. The highest BCUT2D eigenvalue weighted by molar-refractivity contribution is 5.70. The highest BCUT2D eigenvalue weighted by Crippen LogP contribution is 2.17. The van der Waals surface area contributed by atoms with Gasteiger partial charge < -0.3 is 14.2 Å². The molecule has 0 amide bonds. The predicted octanol–water partition coefficient (Wildman–Crippen LogP) is 19.0. The Morgan fingerprint density at radius 2 is 0.629 bits per heavy atom. The first-order chi connectivity index (χ1) is 30.6. The van der Waals surface area contributed by atoms with Gasteiger partial charge in [-0.05, 0) is 44.9 Å². The molecule has 0 aliphatic carbocycles. The van der Waals surface area contributed by atoms with Gasteiger partial charge in [0.15, 0.2) is 6.10 Å². The van der Waals surface area contributed by atoms with Gasteiger partial charge >= 0.3 is 11.9 Å².